The van der Waals surface area contributed by atoms with Gasteiger partial charge >= 0.3 is 12.1 Å². The molecule has 7 heteroatoms. The highest BCUT2D eigenvalue weighted by molar-refractivity contribution is 5.85. The third kappa shape index (κ3) is 4.31. The molecule has 0 aliphatic heterocycles. The Morgan fingerprint density at radius 3 is 2.18 bits per heavy atom. The first-order valence-corrected chi connectivity index (χ1v) is 9.08. The van der Waals surface area contributed by atoms with Crippen LogP contribution in [0.25, 0.3) is 11.1 Å². The molecule has 146 valence electrons. The van der Waals surface area contributed by atoms with E-state index in [1.807, 2.05) is 36.4 Å². The standard InChI is InChI=1S/C21H22N2O5/c1-13(20(26)22-11-10-19(24)25)23-21(27)28-12-18-16-8-4-2-6-14(16)15-7-3-5-9-17(15)18/h2-9,13,18H,10-12H2,1H3,(H,22,26)(H,23,27)(H,24,25)/t13-/m1/s1. The van der Waals surface area contributed by atoms with Gasteiger partial charge in [0.1, 0.15) is 12.6 Å². The summed E-state index contributed by atoms with van der Waals surface area (Å²) in [5.74, 6) is -1.52. The van der Waals surface area contributed by atoms with E-state index < -0.39 is 24.0 Å². The van der Waals surface area contributed by atoms with E-state index >= 15 is 0 Å². The summed E-state index contributed by atoms with van der Waals surface area (Å²) in [5, 5.41) is 13.5. The quantitative estimate of drug-likeness (QED) is 0.682. The maximum absolute atomic E-state index is 12.1. The summed E-state index contributed by atoms with van der Waals surface area (Å²) in [6.07, 6.45) is -0.869. The van der Waals surface area contributed by atoms with Crippen LogP contribution in [0.5, 0.6) is 0 Å². The fraction of sp³-hybridized carbons (Fsp3) is 0.286. The van der Waals surface area contributed by atoms with E-state index in [4.69, 9.17) is 9.84 Å². The molecule has 0 heterocycles. The third-order valence-electron chi connectivity index (χ3n) is 4.71. The predicted octanol–water partition coefficient (Wildman–Crippen LogP) is 2.50. The van der Waals surface area contributed by atoms with Crippen molar-refractivity contribution < 1.29 is 24.2 Å². The second-order valence-electron chi connectivity index (χ2n) is 6.63. The van der Waals surface area contributed by atoms with Crippen molar-refractivity contribution in [3.05, 3.63) is 59.7 Å². The minimum Gasteiger partial charge on any atom is -0.481 e. The maximum atomic E-state index is 12.1. The molecule has 2 aromatic carbocycles. The second-order valence-corrected chi connectivity index (χ2v) is 6.63. The number of carbonyl (C=O) groups is 3. The monoisotopic (exact) mass is 382 g/mol. The van der Waals surface area contributed by atoms with Gasteiger partial charge in [-0.3, -0.25) is 9.59 Å². The van der Waals surface area contributed by atoms with Crippen LogP contribution in [0.2, 0.25) is 0 Å². The summed E-state index contributed by atoms with van der Waals surface area (Å²) in [6.45, 7) is 1.68. The van der Waals surface area contributed by atoms with Crippen molar-refractivity contribution in [2.45, 2.75) is 25.3 Å². The number of ether oxygens (including phenoxy) is 1. The molecule has 2 amide bonds. The maximum Gasteiger partial charge on any atom is 0.407 e. The summed E-state index contributed by atoms with van der Waals surface area (Å²) in [6, 6.07) is 15.2. The molecule has 0 unspecified atom stereocenters. The molecule has 0 bridgehead atoms. The van der Waals surface area contributed by atoms with E-state index in [9.17, 15) is 14.4 Å². The van der Waals surface area contributed by atoms with Crippen molar-refractivity contribution in [2.75, 3.05) is 13.2 Å². The number of nitrogens with one attached hydrogen (secondary N) is 2. The van der Waals surface area contributed by atoms with Crippen LogP contribution in [0.4, 0.5) is 4.79 Å². The van der Waals surface area contributed by atoms with Gasteiger partial charge in [0.15, 0.2) is 0 Å². The topological polar surface area (TPSA) is 105 Å². The van der Waals surface area contributed by atoms with Gasteiger partial charge in [-0.25, -0.2) is 4.79 Å². The van der Waals surface area contributed by atoms with Crippen molar-refractivity contribution >= 4 is 18.0 Å². The number of benzene rings is 2. The number of aliphatic carboxylic acids is 1. The summed E-state index contributed by atoms with van der Waals surface area (Å²) < 4.78 is 5.38. The number of rotatable bonds is 7. The molecule has 0 saturated carbocycles. The Kier molecular flexibility index (Phi) is 5.93. The van der Waals surface area contributed by atoms with Gasteiger partial charge in [0.2, 0.25) is 5.91 Å². The van der Waals surface area contributed by atoms with Gasteiger partial charge in [-0.2, -0.15) is 0 Å². The first-order valence-electron chi connectivity index (χ1n) is 9.08. The third-order valence-corrected chi connectivity index (χ3v) is 4.71. The number of carboxylic acids is 1. The molecule has 0 aromatic heterocycles. The van der Waals surface area contributed by atoms with Crippen LogP contribution in [0.3, 0.4) is 0 Å². The lowest BCUT2D eigenvalue weighted by Gasteiger charge is -2.17. The second kappa shape index (κ2) is 8.56. The van der Waals surface area contributed by atoms with E-state index in [1.165, 1.54) is 6.92 Å². The van der Waals surface area contributed by atoms with Gasteiger partial charge in [-0.15, -0.1) is 0 Å². The summed E-state index contributed by atoms with van der Waals surface area (Å²) in [4.78, 5) is 34.5. The van der Waals surface area contributed by atoms with Crippen LogP contribution in [-0.4, -0.2) is 42.3 Å². The fourth-order valence-corrected chi connectivity index (χ4v) is 3.33. The van der Waals surface area contributed by atoms with Gasteiger partial charge in [0, 0.05) is 12.5 Å². The number of amides is 2. The lowest BCUT2D eigenvalue weighted by molar-refractivity contribution is -0.137. The van der Waals surface area contributed by atoms with Gasteiger partial charge in [0.05, 0.1) is 6.42 Å². The Bertz CT molecular complexity index is 850. The molecular weight excluding hydrogens is 360 g/mol. The van der Waals surface area contributed by atoms with E-state index in [0.717, 1.165) is 22.3 Å². The molecule has 2 aromatic rings. The average Bonchev–Trinajstić information content (AvgIpc) is 3.00. The minimum absolute atomic E-state index is 0.00484. The number of carbonyl (C=O) groups excluding carboxylic acids is 2. The van der Waals surface area contributed by atoms with E-state index in [2.05, 4.69) is 22.8 Å². The van der Waals surface area contributed by atoms with Crippen LogP contribution in [-0.2, 0) is 14.3 Å². The molecule has 1 aliphatic rings. The van der Waals surface area contributed by atoms with Crippen molar-refractivity contribution in [3.8, 4) is 11.1 Å². The Hall–Kier alpha value is -3.35. The van der Waals surface area contributed by atoms with Crippen LogP contribution in [0.15, 0.2) is 48.5 Å². The molecule has 3 rings (SSSR count). The molecule has 0 radical (unpaired) electrons. The minimum atomic E-state index is -1.00. The van der Waals surface area contributed by atoms with E-state index in [1.54, 1.807) is 0 Å². The molecule has 0 fully saturated rings. The Labute approximate surface area is 162 Å². The predicted molar refractivity (Wildman–Crippen MR) is 103 cm³/mol. The Morgan fingerprint density at radius 1 is 1.04 bits per heavy atom. The molecule has 28 heavy (non-hydrogen) atoms. The summed E-state index contributed by atoms with van der Waals surface area (Å²) in [5.41, 5.74) is 4.49. The lowest BCUT2D eigenvalue weighted by Crippen LogP contribution is -2.45. The molecule has 0 saturated heterocycles. The Balaban J connectivity index is 1.56. The largest absolute Gasteiger partial charge is 0.481 e. The molecule has 0 spiro atoms. The zero-order valence-electron chi connectivity index (χ0n) is 15.5. The highest BCUT2D eigenvalue weighted by Crippen LogP contribution is 2.44. The number of carboxylic acid groups (broad SMARTS) is 1. The first kappa shape index (κ1) is 19.4. The van der Waals surface area contributed by atoms with Crippen LogP contribution >= 0.6 is 0 Å². The summed E-state index contributed by atoms with van der Waals surface area (Å²) >= 11 is 0. The molecule has 3 N–H and O–H groups in total. The van der Waals surface area contributed by atoms with Crippen LogP contribution in [0, 0.1) is 0 Å². The van der Waals surface area contributed by atoms with E-state index in [0.29, 0.717) is 0 Å². The van der Waals surface area contributed by atoms with E-state index in [-0.39, 0.29) is 25.5 Å². The fourth-order valence-electron chi connectivity index (χ4n) is 3.33. The molecular formula is C21H22N2O5. The van der Waals surface area contributed by atoms with Crippen molar-refractivity contribution in [3.63, 3.8) is 0 Å². The van der Waals surface area contributed by atoms with Crippen LogP contribution < -0.4 is 10.6 Å². The van der Waals surface area contributed by atoms with Gasteiger partial charge in [0.25, 0.3) is 0 Å². The van der Waals surface area contributed by atoms with Crippen molar-refractivity contribution in [2.24, 2.45) is 0 Å². The first-order chi connectivity index (χ1) is 13.5. The van der Waals surface area contributed by atoms with Gasteiger partial charge < -0.3 is 20.5 Å². The average molecular weight is 382 g/mol. The molecule has 7 nitrogen and oxygen atoms in total. The number of fused-ring (bicyclic) bond motifs is 3. The van der Waals surface area contributed by atoms with Crippen molar-refractivity contribution in [1.29, 1.82) is 0 Å². The van der Waals surface area contributed by atoms with Gasteiger partial charge in [-0.1, -0.05) is 48.5 Å². The number of alkyl carbamates (subject to hydrolysis) is 1. The number of hydrogen-bond donors (Lipinski definition) is 3. The number of hydrogen-bond acceptors (Lipinski definition) is 4. The molecule has 1 atom stereocenters. The highest BCUT2D eigenvalue weighted by atomic mass is 16.5. The highest BCUT2D eigenvalue weighted by Gasteiger charge is 2.29. The SMILES string of the molecule is C[C@@H](NC(=O)OCC1c2ccccc2-c2ccccc21)C(=O)NCCC(=O)O. The molecule has 1 aliphatic carbocycles. The van der Waals surface area contributed by atoms with Crippen molar-refractivity contribution in [1.82, 2.24) is 10.6 Å². The zero-order chi connectivity index (χ0) is 20.1. The van der Waals surface area contributed by atoms with Gasteiger partial charge in [-0.05, 0) is 29.2 Å². The zero-order valence-corrected chi connectivity index (χ0v) is 15.5. The van der Waals surface area contributed by atoms with Crippen LogP contribution in [0.1, 0.15) is 30.4 Å². The summed E-state index contributed by atoms with van der Waals surface area (Å²) in [7, 11) is 0. The lowest BCUT2D eigenvalue weighted by atomic mass is 9.98. The smallest absolute Gasteiger partial charge is 0.407 e. The Morgan fingerprint density at radius 2 is 1.61 bits per heavy atom. The normalized spacial score (nSPS) is 13.2.